The summed E-state index contributed by atoms with van der Waals surface area (Å²) in [6.07, 6.45) is 5.38. The second-order valence-electron chi connectivity index (χ2n) is 7.35. The van der Waals surface area contributed by atoms with Crippen molar-refractivity contribution in [3.05, 3.63) is 53.6 Å². The zero-order valence-electron chi connectivity index (χ0n) is 16.9. The first-order chi connectivity index (χ1) is 13.9. The van der Waals surface area contributed by atoms with Gasteiger partial charge in [0.1, 0.15) is 5.75 Å². The number of aryl methyl sites for hydroxylation is 1. The van der Waals surface area contributed by atoms with Gasteiger partial charge in [-0.15, -0.1) is 0 Å². The zero-order chi connectivity index (χ0) is 20.9. The van der Waals surface area contributed by atoms with Crippen molar-refractivity contribution in [1.29, 1.82) is 0 Å². The highest BCUT2D eigenvalue weighted by Gasteiger charge is 2.21. The summed E-state index contributed by atoms with van der Waals surface area (Å²) in [6.45, 7) is 4.15. The van der Waals surface area contributed by atoms with Gasteiger partial charge < -0.3 is 10.1 Å². The third kappa shape index (κ3) is 5.50. The van der Waals surface area contributed by atoms with Gasteiger partial charge in [-0.25, -0.2) is 8.42 Å². The summed E-state index contributed by atoms with van der Waals surface area (Å²) in [5.41, 5.74) is 1.37. The molecule has 0 saturated heterocycles. The van der Waals surface area contributed by atoms with Gasteiger partial charge >= 0.3 is 0 Å². The molecule has 0 heterocycles. The summed E-state index contributed by atoms with van der Waals surface area (Å²) in [5.74, 6) is 0.447. The Bertz CT molecular complexity index is 949. The van der Waals surface area contributed by atoms with Crippen LogP contribution in [0.15, 0.2) is 47.4 Å². The lowest BCUT2D eigenvalue weighted by Crippen LogP contribution is -2.36. The van der Waals surface area contributed by atoms with Gasteiger partial charge in [0.25, 0.3) is 15.9 Å². The van der Waals surface area contributed by atoms with E-state index in [-0.39, 0.29) is 16.8 Å². The molecule has 1 aliphatic carbocycles. The molecule has 29 heavy (non-hydrogen) atoms. The lowest BCUT2D eigenvalue weighted by molar-refractivity contribution is 0.0927. The number of hydrogen-bond acceptors (Lipinski definition) is 4. The summed E-state index contributed by atoms with van der Waals surface area (Å²) in [5, 5.41) is 3.03. The number of hydrogen-bond donors (Lipinski definition) is 2. The van der Waals surface area contributed by atoms with Crippen LogP contribution in [0.5, 0.6) is 5.75 Å². The predicted octanol–water partition coefficient (Wildman–Crippen LogP) is 4.26. The SMILES string of the molecule is CCOc1ccc(NS(=O)(=O)c2cc(C(=O)NC3CCCCC3)ccc2C)cc1. The van der Waals surface area contributed by atoms with Crippen LogP contribution in [0.4, 0.5) is 5.69 Å². The molecule has 0 aliphatic heterocycles. The number of nitrogens with one attached hydrogen (secondary N) is 2. The number of carbonyl (C=O) groups is 1. The standard InChI is InChI=1S/C22H28N2O4S/c1-3-28-20-13-11-19(12-14-20)24-29(26,27)21-15-17(10-9-16(21)2)22(25)23-18-7-5-4-6-8-18/h9-15,18,24H,3-8H2,1-2H3,(H,23,25). The van der Waals surface area contributed by atoms with Crippen LogP contribution in [0, 0.1) is 6.92 Å². The second-order valence-corrected chi connectivity index (χ2v) is 9.00. The van der Waals surface area contributed by atoms with E-state index in [0.29, 0.717) is 29.2 Å². The molecule has 1 aliphatic rings. The lowest BCUT2D eigenvalue weighted by atomic mass is 9.95. The normalized spacial score (nSPS) is 15.0. The maximum atomic E-state index is 12.9. The minimum Gasteiger partial charge on any atom is -0.494 e. The number of carbonyl (C=O) groups excluding carboxylic acids is 1. The minimum atomic E-state index is -3.83. The number of amides is 1. The van der Waals surface area contributed by atoms with E-state index in [4.69, 9.17) is 4.74 Å². The minimum absolute atomic E-state index is 0.0997. The van der Waals surface area contributed by atoms with Crippen molar-refractivity contribution in [2.45, 2.75) is 56.9 Å². The van der Waals surface area contributed by atoms with Crippen LogP contribution in [-0.4, -0.2) is 27.0 Å². The van der Waals surface area contributed by atoms with Crippen molar-refractivity contribution < 1.29 is 17.9 Å². The molecule has 0 unspecified atom stereocenters. The average Bonchev–Trinajstić information content (AvgIpc) is 2.70. The molecule has 7 heteroatoms. The Hall–Kier alpha value is -2.54. The van der Waals surface area contributed by atoms with Gasteiger partial charge in [0.05, 0.1) is 11.5 Å². The molecular weight excluding hydrogens is 388 g/mol. The number of benzene rings is 2. The topological polar surface area (TPSA) is 84.5 Å². The second kappa shape index (κ2) is 9.31. The van der Waals surface area contributed by atoms with Gasteiger partial charge in [-0.2, -0.15) is 0 Å². The molecule has 2 N–H and O–H groups in total. The third-order valence-corrected chi connectivity index (χ3v) is 6.62. The molecular formula is C22H28N2O4S. The molecule has 0 aromatic heterocycles. The number of sulfonamides is 1. The molecule has 0 spiro atoms. The summed E-state index contributed by atoms with van der Waals surface area (Å²) in [6, 6.07) is 11.7. The van der Waals surface area contributed by atoms with Crippen LogP contribution in [-0.2, 0) is 10.0 Å². The fourth-order valence-corrected chi connectivity index (χ4v) is 4.87. The molecule has 2 aromatic rings. The molecule has 6 nitrogen and oxygen atoms in total. The van der Waals surface area contributed by atoms with Crippen LogP contribution in [0.1, 0.15) is 54.9 Å². The quantitative estimate of drug-likeness (QED) is 0.706. The van der Waals surface area contributed by atoms with Crippen LogP contribution in [0.2, 0.25) is 0 Å². The fourth-order valence-electron chi connectivity index (χ4n) is 3.54. The highest BCUT2D eigenvalue weighted by atomic mass is 32.2. The first kappa shape index (κ1) is 21.2. The maximum absolute atomic E-state index is 12.9. The van der Waals surface area contributed by atoms with Gasteiger partial charge in [0.2, 0.25) is 0 Å². The van der Waals surface area contributed by atoms with E-state index < -0.39 is 10.0 Å². The van der Waals surface area contributed by atoms with Crippen molar-refractivity contribution in [1.82, 2.24) is 5.32 Å². The van der Waals surface area contributed by atoms with E-state index in [0.717, 1.165) is 25.7 Å². The first-order valence-electron chi connectivity index (χ1n) is 10.1. The largest absolute Gasteiger partial charge is 0.494 e. The van der Waals surface area contributed by atoms with E-state index >= 15 is 0 Å². The summed E-state index contributed by atoms with van der Waals surface area (Å²) in [4.78, 5) is 12.7. The molecule has 2 aromatic carbocycles. The Morgan fingerprint density at radius 2 is 1.76 bits per heavy atom. The highest BCUT2D eigenvalue weighted by molar-refractivity contribution is 7.92. The average molecular weight is 417 g/mol. The Labute approximate surface area is 172 Å². The highest BCUT2D eigenvalue weighted by Crippen LogP contribution is 2.23. The van der Waals surface area contributed by atoms with E-state index in [1.807, 2.05) is 6.92 Å². The molecule has 0 radical (unpaired) electrons. The molecule has 1 saturated carbocycles. The van der Waals surface area contributed by atoms with E-state index in [1.54, 1.807) is 43.3 Å². The molecule has 1 fully saturated rings. The first-order valence-corrected chi connectivity index (χ1v) is 11.5. The molecule has 0 bridgehead atoms. The fraction of sp³-hybridized carbons (Fsp3) is 0.409. The molecule has 3 rings (SSSR count). The smallest absolute Gasteiger partial charge is 0.262 e. The van der Waals surface area contributed by atoms with E-state index in [9.17, 15) is 13.2 Å². The Balaban J connectivity index is 1.77. The zero-order valence-corrected chi connectivity index (χ0v) is 17.7. The van der Waals surface area contributed by atoms with Gasteiger partial charge in [-0.1, -0.05) is 25.3 Å². The van der Waals surface area contributed by atoms with Crippen molar-refractivity contribution in [2.75, 3.05) is 11.3 Å². The van der Waals surface area contributed by atoms with Crippen LogP contribution in [0.3, 0.4) is 0 Å². The van der Waals surface area contributed by atoms with Crippen molar-refractivity contribution >= 4 is 21.6 Å². The van der Waals surface area contributed by atoms with Gasteiger partial charge in [0, 0.05) is 17.3 Å². The van der Waals surface area contributed by atoms with Gasteiger partial charge in [-0.05, 0) is 68.7 Å². The van der Waals surface area contributed by atoms with E-state index in [1.165, 1.54) is 12.5 Å². The molecule has 156 valence electrons. The maximum Gasteiger partial charge on any atom is 0.262 e. The summed E-state index contributed by atoms with van der Waals surface area (Å²) >= 11 is 0. The summed E-state index contributed by atoms with van der Waals surface area (Å²) < 4.78 is 33.8. The monoisotopic (exact) mass is 416 g/mol. The van der Waals surface area contributed by atoms with Crippen LogP contribution < -0.4 is 14.8 Å². The van der Waals surface area contributed by atoms with Gasteiger partial charge in [0.15, 0.2) is 0 Å². The third-order valence-electron chi connectivity index (χ3n) is 5.10. The Morgan fingerprint density at radius 1 is 1.07 bits per heavy atom. The van der Waals surface area contributed by atoms with Crippen molar-refractivity contribution in [3.63, 3.8) is 0 Å². The van der Waals surface area contributed by atoms with Crippen LogP contribution in [0.25, 0.3) is 0 Å². The van der Waals surface area contributed by atoms with Crippen molar-refractivity contribution in [2.24, 2.45) is 0 Å². The molecule has 0 atom stereocenters. The van der Waals surface area contributed by atoms with Gasteiger partial charge in [-0.3, -0.25) is 9.52 Å². The number of rotatable bonds is 7. The number of ether oxygens (including phenoxy) is 1. The van der Waals surface area contributed by atoms with Crippen molar-refractivity contribution in [3.8, 4) is 5.75 Å². The Kier molecular flexibility index (Phi) is 6.79. The predicted molar refractivity (Wildman–Crippen MR) is 114 cm³/mol. The summed E-state index contributed by atoms with van der Waals surface area (Å²) in [7, 11) is -3.83. The molecule has 1 amide bonds. The van der Waals surface area contributed by atoms with Crippen LogP contribution >= 0.6 is 0 Å². The Morgan fingerprint density at radius 3 is 2.41 bits per heavy atom. The lowest BCUT2D eigenvalue weighted by Gasteiger charge is -2.23. The van der Waals surface area contributed by atoms with E-state index in [2.05, 4.69) is 10.0 Å². The number of anilines is 1.